The summed E-state index contributed by atoms with van der Waals surface area (Å²) in [7, 11) is 0. The Kier molecular flexibility index (Phi) is 6.54. The molecule has 0 spiro atoms. The van der Waals surface area contributed by atoms with Crippen LogP contribution in [0.2, 0.25) is 0 Å². The Hall–Kier alpha value is -2.73. The van der Waals surface area contributed by atoms with Crippen molar-refractivity contribution in [2.45, 2.75) is 45.8 Å². The van der Waals surface area contributed by atoms with Gasteiger partial charge in [-0.2, -0.15) is 0 Å². The van der Waals surface area contributed by atoms with Crippen molar-refractivity contribution in [3.05, 3.63) is 54.1 Å². The van der Waals surface area contributed by atoms with E-state index in [9.17, 15) is 5.11 Å². The number of aliphatic hydroxyl groups excluding tert-OH is 1. The average Bonchev–Trinajstić information content (AvgIpc) is 2.67. The Bertz CT molecular complexity index is 879. The van der Waals surface area contributed by atoms with E-state index in [2.05, 4.69) is 27.2 Å². The first-order valence-corrected chi connectivity index (χ1v) is 9.38. The number of benzene rings is 1. The summed E-state index contributed by atoms with van der Waals surface area (Å²) in [5.74, 6) is 1.93. The Morgan fingerprint density at radius 3 is 2.78 bits per heavy atom. The first kappa shape index (κ1) is 19.0. The minimum atomic E-state index is 0.138. The number of aryl methyl sites for hydroxylation is 1. The summed E-state index contributed by atoms with van der Waals surface area (Å²) in [4.78, 5) is 13.4. The fourth-order valence-corrected chi connectivity index (χ4v) is 2.99. The van der Waals surface area contributed by atoms with Crippen molar-refractivity contribution in [2.75, 3.05) is 11.9 Å². The molecule has 2 aromatic heterocycles. The van der Waals surface area contributed by atoms with Crippen molar-refractivity contribution in [2.24, 2.45) is 0 Å². The summed E-state index contributed by atoms with van der Waals surface area (Å²) in [6.07, 6.45) is 4.34. The lowest BCUT2D eigenvalue weighted by Gasteiger charge is -2.20. The van der Waals surface area contributed by atoms with E-state index in [1.807, 2.05) is 43.3 Å². The zero-order chi connectivity index (χ0) is 19.1. The van der Waals surface area contributed by atoms with Crippen molar-refractivity contribution in [1.82, 2.24) is 15.0 Å². The van der Waals surface area contributed by atoms with Gasteiger partial charge in [0.1, 0.15) is 12.4 Å². The first-order chi connectivity index (χ1) is 13.2. The van der Waals surface area contributed by atoms with E-state index in [4.69, 9.17) is 4.74 Å². The van der Waals surface area contributed by atoms with Gasteiger partial charge in [0.05, 0.1) is 17.4 Å². The van der Waals surface area contributed by atoms with Gasteiger partial charge in [-0.05, 0) is 31.9 Å². The minimum Gasteiger partial charge on any atom is -0.482 e. The second-order valence-electron chi connectivity index (χ2n) is 6.56. The smallest absolute Gasteiger partial charge is 0.180 e. The SMILES string of the molecule is CCC[C@@H](CCO)Nc1nc(C)ncc1OCc1ccc2ccccc2n1. The Morgan fingerprint density at radius 2 is 1.96 bits per heavy atom. The van der Waals surface area contributed by atoms with E-state index in [0.29, 0.717) is 30.4 Å². The summed E-state index contributed by atoms with van der Waals surface area (Å²) in [6, 6.07) is 12.2. The number of para-hydroxylation sites is 1. The lowest BCUT2D eigenvalue weighted by atomic mass is 10.1. The van der Waals surface area contributed by atoms with E-state index < -0.39 is 0 Å². The predicted octanol–water partition coefficient (Wildman–Crippen LogP) is 3.88. The third kappa shape index (κ3) is 5.14. The highest BCUT2D eigenvalue weighted by atomic mass is 16.5. The molecule has 3 aromatic rings. The second kappa shape index (κ2) is 9.28. The summed E-state index contributed by atoms with van der Waals surface area (Å²) < 4.78 is 5.97. The van der Waals surface area contributed by atoms with Gasteiger partial charge in [-0.3, -0.25) is 0 Å². The highest BCUT2D eigenvalue weighted by molar-refractivity contribution is 5.78. The predicted molar refractivity (Wildman–Crippen MR) is 107 cm³/mol. The van der Waals surface area contributed by atoms with E-state index in [1.165, 1.54) is 0 Å². The molecule has 142 valence electrons. The maximum atomic E-state index is 9.29. The third-order valence-electron chi connectivity index (χ3n) is 4.36. The minimum absolute atomic E-state index is 0.138. The van der Waals surface area contributed by atoms with Crippen LogP contribution >= 0.6 is 0 Å². The quantitative estimate of drug-likeness (QED) is 0.598. The van der Waals surface area contributed by atoms with Crippen molar-refractivity contribution in [1.29, 1.82) is 0 Å². The lowest BCUT2D eigenvalue weighted by Crippen LogP contribution is -2.22. The van der Waals surface area contributed by atoms with Crippen LogP contribution in [0, 0.1) is 6.92 Å². The van der Waals surface area contributed by atoms with Gasteiger partial charge in [-0.15, -0.1) is 0 Å². The van der Waals surface area contributed by atoms with Crippen LogP contribution in [0.15, 0.2) is 42.6 Å². The third-order valence-corrected chi connectivity index (χ3v) is 4.36. The summed E-state index contributed by atoms with van der Waals surface area (Å²) in [6.45, 7) is 4.45. The molecule has 0 bridgehead atoms. The fourth-order valence-electron chi connectivity index (χ4n) is 2.99. The van der Waals surface area contributed by atoms with Crippen LogP contribution in [0.3, 0.4) is 0 Å². The molecule has 0 aliphatic carbocycles. The molecule has 2 N–H and O–H groups in total. The number of hydrogen-bond donors (Lipinski definition) is 2. The number of nitrogens with one attached hydrogen (secondary N) is 1. The van der Waals surface area contributed by atoms with Gasteiger partial charge >= 0.3 is 0 Å². The molecular weight excluding hydrogens is 340 g/mol. The first-order valence-electron chi connectivity index (χ1n) is 9.38. The van der Waals surface area contributed by atoms with E-state index in [-0.39, 0.29) is 12.6 Å². The molecule has 0 fully saturated rings. The van der Waals surface area contributed by atoms with Crippen LogP contribution < -0.4 is 10.1 Å². The summed E-state index contributed by atoms with van der Waals surface area (Å²) >= 11 is 0. The zero-order valence-corrected chi connectivity index (χ0v) is 15.9. The van der Waals surface area contributed by atoms with Gasteiger partial charge in [-0.1, -0.05) is 37.6 Å². The maximum Gasteiger partial charge on any atom is 0.180 e. The standard InChI is InChI=1S/C21H26N4O2/c1-3-6-17(11-12-26)25-21-20(13-22-15(2)23-21)27-14-18-10-9-16-7-4-5-8-19(16)24-18/h4-5,7-10,13,17,26H,3,6,11-12,14H2,1-2H3,(H,22,23,25)/t17-/m0/s1. The number of pyridine rings is 1. The Labute approximate surface area is 159 Å². The van der Waals surface area contributed by atoms with Crippen LogP contribution in [-0.4, -0.2) is 32.7 Å². The molecule has 1 atom stereocenters. The molecule has 0 aliphatic heterocycles. The molecule has 1 aromatic carbocycles. The molecule has 27 heavy (non-hydrogen) atoms. The normalized spacial score (nSPS) is 12.1. The molecule has 0 aliphatic rings. The zero-order valence-electron chi connectivity index (χ0n) is 15.9. The molecule has 6 heteroatoms. The molecule has 0 radical (unpaired) electrons. The highest BCUT2D eigenvalue weighted by Gasteiger charge is 2.13. The number of aliphatic hydroxyl groups is 1. The van der Waals surface area contributed by atoms with Gasteiger partial charge in [0, 0.05) is 18.0 Å². The van der Waals surface area contributed by atoms with Crippen LogP contribution in [-0.2, 0) is 6.61 Å². The second-order valence-corrected chi connectivity index (χ2v) is 6.56. The van der Waals surface area contributed by atoms with Crippen molar-refractivity contribution in [3.63, 3.8) is 0 Å². The van der Waals surface area contributed by atoms with E-state index >= 15 is 0 Å². The van der Waals surface area contributed by atoms with E-state index in [1.54, 1.807) is 6.20 Å². The van der Waals surface area contributed by atoms with Crippen molar-refractivity contribution >= 4 is 16.7 Å². The van der Waals surface area contributed by atoms with Crippen molar-refractivity contribution in [3.8, 4) is 5.75 Å². The number of nitrogens with zero attached hydrogens (tertiary/aromatic N) is 3. The maximum absolute atomic E-state index is 9.29. The van der Waals surface area contributed by atoms with Crippen LogP contribution in [0.5, 0.6) is 5.75 Å². The van der Waals surface area contributed by atoms with Gasteiger partial charge in [0.15, 0.2) is 11.6 Å². The monoisotopic (exact) mass is 366 g/mol. The van der Waals surface area contributed by atoms with Gasteiger partial charge in [0.2, 0.25) is 0 Å². The molecule has 2 heterocycles. The highest BCUT2D eigenvalue weighted by Crippen LogP contribution is 2.24. The number of ether oxygens (including phenoxy) is 1. The Balaban J connectivity index is 1.75. The largest absolute Gasteiger partial charge is 0.482 e. The van der Waals surface area contributed by atoms with Gasteiger partial charge < -0.3 is 15.2 Å². The number of fused-ring (bicyclic) bond motifs is 1. The molecule has 0 unspecified atom stereocenters. The number of hydrogen-bond acceptors (Lipinski definition) is 6. The summed E-state index contributed by atoms with van der Waals surface area (Å²) in [5.41, 5.74) is 1.80. The molecule has 3 rings (SSSR count). The number of anilines is 1. The number of rotatable bonds is 9. The molecule has 0 saturated heterocycles. The topological polar surface area (TPSA) is 80.2 Å². The molecule has 0 amide bonds. The van der Waals surface area contributed by atoms with Crippen LogP contribution in [0.1, 0.15) is 37.7 Å². The molecule has 6 nitrogen and oxygen atoms in total. The van der Waals surface area contributed by atoms with Crippen LogP contribution in [0.25, 0.3) is 10.9 Å². The van der Waals surface area contributed by atoms with Crippen molar-refractivity contribution < 1.29 is 9.84 Å². The molecule has 0 saturated carbocycles. The number of aromatic nitrogens is 3. The molecular formula is C21H26N4O2. The van der Waals surface area contributed by atoms with Gasteiger partial charge in [-0.25, -0.2) is 15.0 Å². The van der Waals surface area contributed by atoms with Crippen LogP contribution in [0.4, 0.5) is 5.82 Å². The van der Waals surface area contributed by atoms with E-state index in [0.717, 1.165) is 29.4 Å². The fraction of sp³-hybridized carbons (Fsp3) is 0.381. The Morgan fingerprint density at radius 1 is 1.11 bits per heavy atom. The lowest BCUT2D eigenvalue weighted by molar-refractivity contribution is 0.275. The summed E-state index contributed by atoms with van der Waals surface area (Å²) in [5, 5.41) is 13.8. The van der Waals surface area contributed by atoms with Gasteiger partial charge in [0.25, 0.3) is 0 Å². The average molecular weight is 366 g/mol.